The van der Waals surface area contributed by atoms with Gasteiger partial charge in [0.05, 0.1) is 6.10 Å². The summed E-state index contributed by atoms with van der Waals surface area (Å²) in [5.41, 5.74) is 5.51. The molecule has 0 bridgehead atoms. The Morgan fingerprint density at radius 2 is 2.08 bits per heavy atom. The number of hydrogen-bond acceptors (Lipinski definition) is 4. The van der Waals surface area contributed by atoms with Gasteiger partial charge in [-0.15, -0.1) is 0 Å². The molecule has 0 aromatic heterocycles. The van der Waals surface area contributed by atoms with Crippen molar-refractivity contribution in [2.24, 2.45) is 5.73 Å². The van der Waals surface area contributed by atoms with Crippen molar-refractivity contribution in [2.75, 3.05) is 0 Å². The lowest BCUT2D eigenvalue weighted by molar-refractivity contribution is -0.0220. The zero-order valence-corrected chi connectivity index (χ0v) is 7.45. The number of ether oxygens (including phenoxy) is 2. The fraction of sp³-hybridized carbons (Fsp3) is 0.875. The van der Waals surface area contributed by atoms with Gasteiger partial charge in [-0.2, -0.15) is 0 Å². The second kappa shape index (κ2) is 3.76. The summed E-state index contributed by atoms with van der Waals surface area (Å²) in [5, 5.41) is 0. The van der Waals surface area contributed by atoms with Gasteiger partial charge in [-0.05, 0) is 26.7 Å². The Kier molecular flexibility index (Phi) is 2.92. The van der Waals surface area contributed by atoms with E-state index in [0.29, 0.717) is 0 Å². The van der Waals surface area contributed by atoms with Crippen LogP contribution in [0.3, 0.4) is 0 Å². The molecular weight excluding hydrogens is 158 g/mol. The van der Waals surface area contributed by atoms with Crippen molar-refractivity contribution in [3.05, 3.63) is 0 Å². The summed E-state index contributed by atoms with van der Waals surface area (Å²) in [5.74, 6) is 0. The fourth-order valence-electron chi connectivity index (χ4n) is 1.06. The molecule has 70 valence electrons. The van der Waals surface area contributed by atoms with Crippen molar-refractivity contribution in [1.29, 1.82) is 0 Å². The van der Waals surface area contributed by atoms with Gasteiger partial charge in [-0.25, -0.2) is 4.79 Å². The number of nitrogens with two attached hydrogens (primary N) is 1. The maximum absolute atomic E-state index is 10.9. The predicted octanol–water partition coefficient (Wildman–Crippen LogP) is 1.04. The van der Waals surface area contributed by atoms with Crippen molar-refractivity contribution >= 4 is 6.16 Å². The highest BCUT2D eigenvalue weighted by Gasteiger charge is 2.29. The third kappa shape index (κ3) is 2.70. The third-order valence-corrected chi connectivity index (χ3v) is 1.73. The molecule has 1 aliphatic carbocycles. The van der Waals surface area contributed by atoms with E-state index in [-0.39, 0.29) is 18.2 Å². The predicted molar refractivity (Wildman–Crippen MR) is 43.7 cm³/mol. The first-order valence-corrected chi connectivity index (χ1v) is 4.20. The molecule has 1 aliphatic rings. The van der Waals surface area contributed by atoms with Gasteiger partial charge < -0.3 is 15.2 Å². The van der Waals surface area contributed by atoms with Crippen LogP contribution >= 0.6 is 0 Å². The molecule has 0 unspecified atom stereocenters. The molecule has 1 rings (SSSR count). The van der Waals surface area contributed by atoms with Crippen molar-refractivity contribution in [2.45, 2.75) is 44.9 Å². The minimum atomic E-state index is -0.582. The average molecular weight is 173 g/mol. The summed E-state index contributed by atoms with van der Waals surface area (Å²) in [4.78, 5) is 10.9. The van der Waals surface area contributed by atoms with E-state index in [4.69, 9.17) is 15.2 Å². The highest BCUT2D eigenvalue weighted by molar-refractivity contribution is 5.60. The van der Waals surface area contributed by atoms with E-state index in [1.807, 2.05) is 0 Å². The summed E-state index contributed by atoms with van der Waals surface area (Å²) in [7, 11) is 0. The molecule has 0 amide bonds. The summed E-state index contributed by atoms with van der Waals surface area (Å²) < 4.78 is 9.72. The molecule has 0 spiro atoms. The molecular formula is C8H15NO3. The molecule has 4 heteroatoms. The Hall–Kier alpha value is -0.770. The SMILES string of the molecule is CC(C)OC(=O)OC1CC(N)C1. The van der Waals surface area contributed by atoms with Crippen molar-refractivity contribution < 1.29 is 14.3 Å². The quantitative estimate of drug-likeness (QED) is 0.634. The molecule has 0 aromatic carbocycles. The Labute approximate surface area is 72.0 Å². The summed E-state index contributed by atoms with van der Waals surface area (Å²) in [6, 6.07) is 0.196. The fourth-order valence-corrected chi connectivity index (χ4v) is 1.06. The van der Waals surface area contributed by atoms with Crippen LogP contribution in [0.1, 0.15) is 26.7 Å². The molecule has 0 heterocycles. The van der Waals surface area contributed by atoms with Crippen molar-refractivity contribution in [1.82, 2.24) is 0 Å². The Bertz CT molecular complexity index is 164. The highest BCUT2D eigenvalue weighted by Crippen LogP contribution is 2.21. The van der Waals surface area contributed by atoms with Crippen LogP contribution in [0.2, 0.25) is 0 Å². The van der Waals surface area contributed by atoms with Crippen LogP contribution in [-0.2, 0) is 9.47 Å². The molecule has 0 aromatic rings. The molecule has 12 heavy (non-hydrogen) atoms. The van der Waals surface area contributed by atoms with Crippen LogP contribution in [0.15, 0.2) is 0 Å². The number of hydrogen-bond donors (Lipinski definition) is 1. The molecule has 0 aliphatic heterocycles. The maximum Gasteiger partial charge on any atom is 0.508 e. The van der Waals surface area contributed by atoms with Crippen LogP contribution in [0.25, 0.3) is 0 Å². The lowest BCUT2D eigenvalue weighted by Crippen LogP contribution is -2.42. The smallest absolute Gasteiger partial charge is 0.432 e. The molecule has 0 saturated heterocycles. The van der Waals surface area contributed by atoms with Gasteiger partial charge in [0, 0.05) is 6.04 Å². The second-order valence-corrected chi connectivity index (χ2v) is 3.39. The van der Waals surface area contributed by atoms with E-state index in [9.17, 15) is 4.79 Å². The monoisotopic (exact) mass is 173 g/mol. The zero-order chi connectivity index (χ0) is 9.14. The summed E-state index contributed by atoms with van der Waals surface area (Å²) in [6.07, 6.45) is 0.791. The summed E-state index contributed by atoms with van der Waals surface area (Å²) in [6.45, 7) is 3.57. The van der Waals surface area contributed by atoms with E-state index in [1.165, 1.54) is 0 Å². The minimum Gasteiger partial charge on any atom is -0.432 e. The Balaban J connectivity index is 2.11. The molecule has 0 radical (unpaired) electrons. The van der Waals surface area contributed by atoms with E-state index in [2.05, 4.69) is 0 Å². The van der Waals surface area contributed by atoms with Gasteiger partial charge in [0.15, 0.2) is 0 Å². The van der Waals surface area contributed by atoms with Crippen LogP contribution in [0.4, 0.5) is 4.79 Å². The lowest BCUT2D eigenvalue weighted by atomic mass is 9.90. The third-order valence-electron chi connectivity index (χ3n) is 1.73. The molecule has 2 N–H and O–H groups in total. The van der Waals surface area contributed by atoms with E-state index in [0.717, 1.165) is 12.8 Å². The van der Waals surface area contributed by atoms with Gasteiger partial charge in [0.2, 0.25) is 0 Å². The molecule has 1 fully saturated rings. The van der Waals surface area contributed by atoms with E-state index >= 15 is 0 Å². The topological polar surface area (TPSA) is 61.5 Å². The maximum atomic E-state index is 10.9. The standard InChI is InChI=1S/C8H15NO3/c1-5(2)11-8(10)12-7-3-6(9)4-7/h5-7H,3-4,9H2,1-2H3. The summed E-state index contributed by atoms with van der Waals surface area (Å²) >= 11 is 0. The molecule has 1 saturated carbocycles. The van der Waals surface area contributed by atoms with Gasteiger partial charge in [0.25, 0.3) is 0 Å². The largest absolute Gasteiger partial charge is 0.508 e. The second-order valence-electron chi connectivity index (χ2n) is 3.39. The van der Waals surface area contributed by atoms with E-state index < -0.39 is 6.16 Å². The first-order valence-electron chi connectivity index (χ1n) is 4.20. The van der Waals surface area contributed by atoms with Crippen LogP contribution in [0, 0.1) is 0 Å². The van der Waals surface area contributed by atoms with Gasteiger partial charge >= 0.3 is 6.16 Å². The van der Waals surface area contributed by atoms with Crippen molar-refractivity contribution in [3.63, 3.8) is 0 Å². The number of carbonyl (C=O) groups is 1. The van der Waals surface area contributed by atoms with Crippen LogP contribution in [0.5, 0.6) is 0 Å². The van der Waals surface area contributed by atoms with Crippen LogP contribution in [-0.4, -0.2) is 24.4 Å². The highest BCUT2D eigenvalue weighted by atomic mass is 16.7. The first kappa shape index (κ1) is 9.32. The van der Waals surface area contributed by atoms with Gasteiger partial charge in [0.1, 0.15) is 6.10 Å². The normalized spacial score (nSPS) is 28.0. The van der Waals surface area contributed by atoms with Gasteiger partial charge in [-0.1, -0.05) is 0 Å². The Morgan fingerprint density at radius 1 is 1.50 bits per heavy atom. The lowest BCUT2D eigenvalue weighted by Gasteiger charge is -2.31. The van der Waals surface area contributed by atoms with E-state index in [1.54, 1.807) is 13.8 Å². The molecule has 4 nitrogen and oxygen atoms in total. The average Bonchev–Trinajstić information content (AvgIpc) is 1.82. The van der Waals surface area contributed by atoms with Gasteiger partial charge in [-0.3, -0.25) is 0 Å². The first-order chi connectivity index (χ1) is 5.58. The Morgan fingerprint density at radius 3 is 2.50 bits per heavy atom. The van der Waals surface area contributed by atoms with Crippen LogP contribution < -0.4 is 5.73 Å². The zero-order valence-electron chi connectivity index (χ0n) is 7.45. The molecule has 0 atom stereocenters. The van der Waals surface area contributed by atoms with Crippen molar-refractivity contribution in [3.8, 4) is 0 Å². The number of carbonyl (C=O) groups excluding carboxylic acids is 1. The minimum absolute atomic E-state index is 0.0220. The number of rotatable bonds is 2.